The molecule has 2 nitrogen and oxygen atoms in total. The van der Waals surface area contributed by atoms with Crippen LogP contribution in [0.1, 0.15) is 5.56 Å². The first-order chi connectivity index (χ1) is 7.70. The minimum absolute atomic E-state index is 0.166. The van der Waals surface area contributed by atoms with Crippen molar-refractivity contribution in [2.24, 2.45) is 0 Å². The second kappa shape index (κ2) is 4.60. The summed E-state index contributed by atoms with van der Waals surface area (Å²) in [6.45, 7) is -0.166. The van der Waals surface area contributed by atoms with Crippen molar-refractivity contribution in [3.8, 4) is 11.1 Å². The Kier molecular flexibility index (Phi) is 3.17. The molecule has 0 atom stereocenters. The molecular formula is C12H9ClFNO. The molecule has 0 bridgehead atoms. The van der Waals surface area contributed by atoms with E-state index in [1.165, 1.54) is 12.1 Å². The van der Waals surface area contributed by atoms with E-state index in [2.05, 4.69) is 4.98 Å². The zero-order chi connectivity index (χ0) is 11.5. The number of hydrogen-bond donors (Lipinski definition) is 1. The Balaban J connectivity index is 2.44. The molecule has 0 aliphatic heterocycles. The van der Waals surface area contributed by atoms with Crippen LogP contribution in [-0.2, 0) is 6.61 Å². The fourth-order valence-corrected chi connectivity index (χ4v) is 1.57. The maximum absolute atomic E-state index is 12.7. The van der Waals surface area contributed by atoms with Crippen molar-refractivity contribution >= 4 is 11.6 Å². The fraction of sp³-hybridized carbons (Fsp3) is 0.0833. The van der Waals surface area contributed by atoms with E-state index in [9.17, 15) is 4.39 Å². The number of nitrogens with zero attached hydrogens (tertiary/aromatic N) is 1. The third-order valence-corrected chi connectivity index (χ3v) is 2.60. The van der Waals surface area contributed by atoms with Crippen LogP contribution in [0.2, 0.25) is 5.15 Å². The summed E-state index contributed by atoms with van der Waals surface area (Å²) >= 11 is 5.78. The molecule has 0 saturated carbocycles. The van der Waals surface area contributed by atoms with Crippen LogP contribution in [-0.4, -0.2) is 10.1 Å². The minimum atomic E-state index is -0.284. The van der Waals surface area contributed by atoms with Gasteiger partial charge >= 0.3 is 0 Å². The lowest BCUT2D eigenvalue weighted by Crippen LogP contribution is -1.90. The van der Waals surface area contributed by atoms with E-state index < -0.39 is 0 Å². The summed E-state index contributed by atoms with van der Waals surface area (Å²) in [5.74, 6) is -0.284. The van der Waals surface area contributed by atoms with Crippen LogP contribution >= 0.6 is 11.6 Å². The number of benzene rings is 1. The SMILES string of the molecule is OCc1cc(-c2ccc(F)cc2)cnc1Cl. The van der Waals surface area contributed by atoms with Gasteiger partial charge < -0.3 is 5.11 Å². The van der Waals surface area contributed by atoms with Gasteiger partial charge in [-0.25, -0.2) is 9.37 Å². The van der Waals surface area contributed by atoms with Gasteiger partial charge in [-0.1, -0.05) is 23.7 Å². The van der Waals surface area contributed by atoms with E-state index in [1.54, 1.807) is 24.4 Å². The minimum Gasteiger partial charge on any atom is -0.392 e. The van der Waals surface area contributed by atoms with E-state index in [1.807, 2.05) is 0 Å². The van der Waals surface area contributed by atoms with Crippen molar-refractivity contribution < 1.29 is 9.50 Å². The van der Waals surface area contributed by atoms with Gasteiger partial charge in [-0.2, -0.15) is 0 Å². The first kappa shape index (κ1) is 11.0. The van der Waals surface area contributed by atoms with E-state index in [0.29, 0.717) is 5.56 Å². The first-order valence-electron chi connectivity index (χ1n) is 4.72. The van der Waals surface area contributed by atoms with E-state index in [4.69, 9.17) is 16.7 Å². The molecule has 4 heteroatoms. The maximum Gasteiger partial charge on any atom is 0.134 e. The highest BCUT2D eigenvalue weighted by molar-refractivity contribution is 6.30. The molecule has 0 aliphatic rings. The second-order valence-corrected chi connectivity index (χ2v) is 3.70. The van der Waals surface area contributed by atoms with Gasteiger partial charge in [-0.05, 0) is 23.8 Å². The largest absolute Gasteiger partial charge is 0.392 e. The normalized spacial score (nSPS) is 10.4. The highest BCUT2D eigenvalue weighted by Gasteiger charge is 2.04. The highest BCUT2D eigenvalue weighted by Crippen LogP contribution is 2.23. The summed E-state index contributed by atoms with van der Waals surface area (Å²) in [5, 5.41) is 9.33. The molecule has 1 aromatic heterocycles. The molecule has 2 rings (SSSR count). The summed E-state index contributed by atoms with van der Waals surface area (Å²) in [6, 6.07) is 7.80. The fourth-order valence-electron chi connectivity index (χ4n) is 1.40. The van der Waals surface area contributed by atoms with Crippen LogP contribution < -0.4 is 0 Å². The van der Waals surface area contributed by atoms with Gasteiger partial charge in [0.05, 0.1) is 6.61 Å². The van der Waals surface area contributed by atoms with Crippen molar-refractivity contribution in [3.63, 3.8) is 0 Å². The number of pyridine rings is 1. The van der Waals surface area contributed by atoms with Gasteiger partial charge in [0.1, 0.15) is 11.0 Å². The van der Waals surface area contributed by atoms with E-state index >= 15 is 0 Å². The molecule has 82 valence electrons. The Morgan fingerprint density at radius 3 is 2.50 bits per heavy atom. The van der Waals surface area contributed by atoms with E-state index in [0.717, 1.165) is 11.1 Å². The van der Waals surface area contributed by atoms with Gasteiger partial charge in [0.15, 0.2) is 0 Å². The lowest BCUT2D eigenvalue weighted by atomic mass is 10.1. The molecule has 1 heterocycles. The molecule has 0 aliphatic carbocycles. The number of aliphatic hydroxyl groups is 1. The molecule has 1 N–H and O–H groups in total. The summed E-state index contributed by atoms with van der Waals surface area (Å²) < 4.78 is 12.7. The molecule has 1 aromatic carbocycles. The lowest BCUT2D eigenvalue weighted by Gasteiger charge is -2.04. The molecule has 0 fully saturated rings. The van der Waals surface area contributed by atoms with Crippen molar-refractivity contribution in [1.29, 1.82) is 0 Å². The Morgan fingerprint density at radius 1 is 1.19 bits per heavy atom. The summed E-state index contributed by atoms with van der Waals surface area (Å²) in [6.07, 6.45) is 1.59. The summed E-state index contributed by atoms with van der Waals surface area (Å²) in [7, 11) is 0. The summed E-state index contributed by atoms with van der Waals surface area (Å²) in [4.78, 5) is 3.96. The van der Waals surface area contributed by atoms with Crippen molar-refractivity contribution in [2.45, 2.75) is 6.61 Å². The van der Waals surface area contributed by atoms with Gasteiger partial charge in [0.2, 0.25) is 0 Å². The Labute approximate surface area is 97.3 Å². The zero-order valence-corrected chi connectivity index (χ0v) is 9.08. The van der Waals surface area contributed by atoms with Crippen LogP contribution in [0.5, 0.6) is 0 Å². The molecular weight excluding hydrogens is 229 g/mol. The second-order valence-electron chi connectivity index (χ2n) is 3.34. The molecule has 0 unspecified atom stereocenters. The lowest BCUT2D eigenvalue weighted by molar-refractivity contribution is 0.281. The third-order valence-electron chi connectivity index (χ3n) is 2.26. The number of aromatic nitrogens is 1. The van der Waals surface area contributed by atoms with Crippen molar-refractivity contribution in [1.82, 2.24) is 4.98 Å². The molecule has 16 heavy (non-hydrogen) atoms. The number of hydrogen-bond acceptors (Lipinski definition) is 2. The van der Waals surface area contributed by atoms with Gasteiger partial charge in [-0.3, -0.25) is 0 Å². The average molecular weight is 238 g/mol. The Morgan fingerprint density at radius 2 is 1.88 bits per heavy atom. The maximum atomic E-state index is 12.7. The van der Waals surface area contributed by atoms with Gasteiger partial charge in [0, 0.05) is 17.3 Å². The summed E-state index contributed by atoms with van der Waals surface area (Å²) in [5.41, 5.74) is 2.19. The quantitative estimate of drug-likeness (QED) is 0.815. The topological polar surface area (TPSA) is 33.1 Å². The average Bonchev–Trinajstić information content (AvgIpc) is 2.31. The van der Waals surface area contributed by atoms with Crippen LogP contribution in [0.4, 0.5) is 4.39 Å². The van der Waals surface area contributed by atoms with Gasteiger partial charge in [0.25, 0.3) is 0 Å². The molecule has 2 aromatic rings. The zero-order valence-electron chi connectivity index (χ0n) is 8.32. The third kappa shape index (κ3) is 2.21. The molecule has 0 saturated heterocycles. The predicted octanol–water partition coefficient (Wildman–Crippen LogP) is 3.03. The Hall–Kier alpha value is -1.45. The monoisotopic (exact) mass is 237 g/mol. The first-order valence-corrected chi connectivity index (χ1v) is 5.09. The molecule has 0 amide bonds. The van der Waals surface area contributed by atoms with Crippen LogP contribution in [0.25, 0.3) is 11.1 Å². The smallest absolute Gasteiger partial charge is 0.134 e. The van der Waals surface area contributed by atoms with Crippen LogP contribution in [0, 0.1) is 5.82 Å². The van der Waals surface area contributed by atoms with E-state index in [-0.39, 0.29) is 17.6 Å². The van der Waals surface area contributed by atoms with Crippen molar-refractivity contribution in [2.75, 3.05) is 0 Å². The highest BCUT2D eigenvalue weighted by atomic mass is 35.5. The predicted molar refractivity (Wildman–Crippen MR) is 60.6 cm³/mol. The number of halogens is 2. The van der Waals surface area contributed by atoms with Crippen LogP contribution in [0.3, 0.4) is 0 Å². The van der Waals surface area contributed by atoms with Gasteiger partial charge in [-0.15, -0.1) is 0 Å². The Bertz CT molecular complexity index is 499. The van der Waals surface area contributed by atoms with Crippen LogP contribution in [0.15, 0.2) is 36.5 Å². The molecule has 0 radical (unpaired) electrons. The number of rotatable bonds is 2. The number of aliphatic hydroxyl groups excluding tert-OH is 1. The molecule has 0 spiro atoms. The van der Waals surface area contributed by atoms with Crippen molar-refractivity contribution in [3.05, 3.63) is 53.1 Å². The standard InChI is InChI=1S/C12H9ClFNO/c13-12-10(7-16)5-9(6-15-12)8-1-3-11(14)4-2-8/h1-6,16H,7H2.